The Labute approximate surface area is 158 Å². The van der Waals surface area contributed by atoms with Crippen LogP contribution in [0, 0.1) is 11.3 Å². The Bertz CT molecular complexity index is 781. The average molecular weight is 380 g/mol. The number of halogens is 1. The van der Waals surface area contributed by atoms with Crippen LogP contribution in [0.1, 0.15) is 38.4 Å². The third-order valence-electron chi connectivity index (χ3n) is 5.71. The standard InChI is InChI=1S/C19H26ClN3O3/c1-19(2,13-4-6-23(7-5-13)16(24)11-26-3)18(25)15-9-14(20)8-12-10-21-22-17(12)15/h8-10,13,18,25H,4-7,11H2,1-3H3,(H,21,22). The van der Waals surface area contributed by atoms with Crippen LogP contribution in [0.5, 0.6) is 0 Å². The molecular weight excluding hydrogens is 354 g/mol. The molecule has 6 nitrogen and oxygen atoms in total. The first-order valence-corrected chi connectivity index (χ1v) is 9.29. The average Bonchev–Trinajstić information content (AvgIpc) is 3.09. The molecule has 26 heavy (non-hydrogen) atoms. The van der Waals surface area contributed by atoms with Crippen molar-refractivity contribution in [1.82, 2.24) is 15.1 Å². The fourth-order valence-electron chi connectivity index (χ4n) is 3.97. The third kappa shape index (κ3) is 3.59. The maximum absolute atomic E-state index is 12.0. The fourth-order valence-corrected chi connectivity index (χ4v) is 4.21. The molecule has 1 aliphatic rings. The molecule has 1 aliphatic heterocycles. The molecule has 2 aromatic rings. The second kappa shape index (κ2) is 7.55. The minimum atomic E-state index is -0.685. The molecule has 2 heterocycles. The monoisotopic (exact) mass is 379 g/mol. The van der Waals surface area contributed by atoms with Crippen molar-refractivity contribution in [1.29, 1.82) is 0 Å². The van der Waals surface area contributed by atoms with Gasteiger partial charge in [0.05, 0.1) is 17.8 Å². The first-order valence-electron chi connectivity index (χ1n) is 8.92. The van der Waals surface area contributed by atoms with Gasteiger partial charge in [-0.1, -0.05) is 25.4 Å². The van der Waals surface area contributed by atoms with E-state index in [2.05, 4.69) is 24.0 Å². The molecule has 0 saturated carbocycles. The molecule has 1 fully saturated rings. The zero-order valence-corrected chi connectivity index (χ0v) is 16.2. The van der Waals surface area contributed by atoms with Gasteiger partial charge in [-0.2, -0.15) is 5.10 Å². The lowest BCUT2D eigenvalue weighted by Gasteiger charge is -2.43. The summed E-state index contributed by atoms with van der Waals surface area (Å²) in [7, 11) is 1.53. The van der Waals surface area contributed by atoms with Crippen molar-refractivity contribution in [3.8, 4) is 0 Å². The highest BCUT2D eigenvalue weighted by Gasteiger charge is 2.40. The number of benzene rings is 1. The van der Waals surface area contributed by atoms with Crippen molar-refractivity contribution < 1.29 is 14.6 Å². The number of aliphatic hydroxyl groups is 1. The molecule has 1 aromatic heterocycles. The van der Waals surface area contributed by atoms with E-state index in [9.17, 15) is 9.90 Å². The lowest BCUT2D eigenvalue weighted by Crippen LogP contribution is -2.44. The summed E-state index contributed by atoms with van der Waals surface area (Å²) in [6.45, 7) is 5.67. The minimum absolute atomic E-state index is 0.0262. The molecule has 1 atom stereocenters. The van der Waals surface area contributed by atoms with Gasteiger partial charge in [-0.25, -0.2) is 0 Å². The number of H-pyrrole nitrogens is 1. The number of aromatic nitrogens is 2. The number of aromatic amines is 1. The van der Waals surface area contributed by atoms with E-state index in [1.54, 1.807) is 6.20 Å². The van der Waals surface area contributed by atoms with Gasteiger partial charge in [0.2, 0.25) is 5.91 Å². The Morgan fingerprint density at radius 3 is 2.81 bits per heavy atom. The molecule has 0 radical (unpaired) electrons. The summed E-state index contributed by atoms with van der Waals surface area (Å²) in [5, 5.41) is 19.7. The van der Waals surface area contributed by atoms with E-state index in [1.807, 2.05) is 17.0 Å². The van der Waals surface area contributed by atoms with E-state index < -0.39 is 6.10 Å². The Balaban J connectivity index is 1.77. The summed E-state index contributed by atoms with van der Waals surface area (Å²) in [5.74, 6) is 0.319. The van der Waals surface area contributed by atoms with Gasteiger partial charge in [0.15, 0.2) is 0 Å². The lowest BCUT2D eigenvalue weighted by atomic mass is 9.68. The number of carbonyl (C=O) groups is 1. The van der Waals surface area contributed by atoms with Gasteiger partial charge in [0.25, 0.3) is 0 Å². The van der Waals surface area contributed by atoms with E-state index in [0.717, 1.165) is 29.3 Å². The number of nitrogens with one attached hydrogen (secondary N) is 1. The Morgan fingerprint density at radius 2 is 2.15 bits per heavy atom. The molecule has 0 aliphatic carbocycles. The van der Waals surface area contributed by atoms with Crippen molar-refractivity contribution in [2.45, 2.75) is 32.8 Å². The third-order valence-corrected chi connectivity index (χ3v) is 5.93. The van der Waals surface area contributed by atoms with Crippen molar-refractivity contribution in [3.05, 3.63) is 28.9 Å². The summed E-state index contributed by atoms with van der Waals surface area (Å²) in [6.07, 6.45) is 2.73. The van der Waals surface area contributed by atoms with E-state index in [1.165, 1.54) is 7.11 Å². The number of carbonyl (C=O) groups excluding carboxylic acids is 1. The van der Waals surface area contributed by atoms with Crippen molar-refractivity contribution in [2.24, 2.45) is 11.3 Å². The van der Waals surface area contributed by atoms with E-state index in [0.29, 0.717) is 24.0 Å². The highest BCUT2D eigenvalue weighted by molar-refractivity contribution is 6.31. The molecule has 0 bridgehead atoms. The van der Waals surface area contributed by atoms with Gasteiger partial charge in [0.1, 0.15) is 6.61 Å². The van der Waals surface area contributed by atoms with Crippen LogP contribution in [0.3, 0.4) is 0 Å². The number of likely N-dealkylation sites (tertiary alicyclic amines) is 1. The van der Waals surface area contributed by atoms with Crippen LogP contribution in [0.25, 0.3) is 10.9 Å². The van der Waals surface area contributed by atoms with Crippen LogP contribution in [0.2, 0.25) is 5.02 Å². The largest absolute Gasteiger partial charge is 0.388 e. The van der Waals surface area contributed by atoms with Gasteiger partial charge in [-0.15, -0.1) is 0 Å². The van der Waals surface area contributed by atoms with Crippen LogP contribution in [0.15, 0.2) is 18.3 Å². The Hall–Kier alpha value is -1.63. The van der Waals surface area contributed by atoms with Gasteiger partial charge in [0, 0.05) is 36.2 Å². The van der Waals surface area contributed by atoms with Gasteiger partial charge < -0.3 is 14.7 Å². The zero-order chi connectivity index (χ0) is 18.9. The smallest absolute Gasteiger partial charge is 0.248 e. The SMILES string of the molecule is COCC(=O)N1CCC(C(C)(C)C(O)c2cc(Cl)cc3cn[nH]c23)CC1. The van der Waals surface area contributed by atoms with Crippen LogP contribution in [-0.4, -0.2) is 52.9 Å². The van der Waals surface area contributed by atoms with E-state index in [4.69, 9.17) is 16.3 Å². The fraction of sp³-hybridized carbons (Fsp3) is 0.579. The molecule has 7 heteroatoms. The molecule has 1 unspecified atom stereocenters. The maximum atomic E-state index is 12.0. The van der Waals surface area contributed by atoms with Crippen molar-refractivity contribution >= 4 is 28.4 Å². The minimum Gasteiger partial charge on any atom is -0.388 e. The quantitative estimate of drug-likeness (QED) is 0.836. The summed E-state index contributed by atoms with van der Waals surface area (Å²) < 4.78 is 4.94. The summed E-state index contributed by atoms with van der Waals surface area (Å²) >= 11 is 6.24. The number of aliphatic hydroxyl groups excluding tert-OH is 1. The van der Waals surface area contributed by atoms with E-state index in [-0.39, 0.29) is 17.9 Å². The predicted octanol–water partition coefficient (Wildman–Crippen LogP) is 3.16. The summed E-state index contributed by atoms with van der Waals surface area (Å²) in [4.78, 5) is 13.8. The van der Waals surface area contributed by atoms with Gasteiger partial charge in [-0.3, -0.25) is 9.89 Å². The second-order valence-electron chi connectivity index (χ2n) is 7.64. The topological polar surface area (TPSA) is 78.4 Å². The summed E-state index contributed by atoms with van der Waals surface area (Å²) in [5.41, 5.74) is 1.23. The lowest BCUT2D eigenvalue weighted by molar-refractivity contribution is -0.137. The number of methoxy groups -OCH3 is 1. The molecule has 3 rings (SSSR count). The molecule has 0 spiro atoms. The molecular formula is C19H26ClN3O3. The highest BCUT2D eigenvalue weighted by Crippen LogP contribution is 2.46. The normalized spacial score (nSPS) is 17.7. The number of nitrogens with zero attached hydrogens (tertiary/aromatic N) is 2. The van der Waals surface area contributed by atoms with E-state index >= 15 is 0 Å². The van der Waals surface area contributed by atoms with Gasteiger partial charge in [-0.05, 0) is 36.3 Å². The predicted molar refractivity (Wildman–Crippen MR) is 101 cm³/mol. The zero-order valence-electron chi connectivity index (χ0n) is 15.5. The Morgan fingerprint density at radius 1 is 1.46 bits per heavy atom. The van der Waals surface area contributed by atoms with Crippen LogP contribution in [0.4, 0.5) is 0 Å². The first-order chi connectivity index (χ1) is 12.3. The number of ether oxygens (including phenoxy) is 1. The van der Waals surface area contributed by atoms with Gasteiger partial charge >= 0.3 is 0 Å². The highest BCUT2D eigenvalue weighted by atomic mass is 35.5. The van der Waals surface area contributed by atoms with Crippen molar-refractivity contribution in [3.63, 3.8) is 0 Å². The van der Waals surface area contributed by atoms with Crippen LogP contribution < -0.4 is 0 Å². The first kappa shape index (κ1) is 19.1. The molecule has 1 saturated heterocycles. The number of fused-ring (bicyclic) bond motifs is 1. The second-order valence-corrected chi connectivity index (χ2v) is 8.08. The van der Waals surface area contributed by atoms with Crippen LogP contribution >= 0.6 is 11.6 Å². The van der Waals surface area contributed by atoms with Crippen molar-refractivity contribution in [2.75, 3.05) is 26.8 Å². The summed E-state index contributed by atoms with van der Waals surface area (Å²) in [6, 6.07) is 3.65. The molecule has 1 aromatic carbocycles. The molecule has 1 amide bonds. The van der Waals surface area contributed by atoms with Crippen LogP contribution in [-0.2, 0) is 9.53 Å². The maximum Gasteiger partial charge on any atom is 0.248 e. The number of rotatable bonds is 5. The number of amides is 1. The number of piperidine rings is 1. The number of hydrogen-bond donors (Lipinski definition) is 2. The number of hydrogen-bond acceptors (Lipinski definition) is 4. The molecule has 2 N–H and O–H groups in total. The molecule has 142 valence electrons. The Kier molecular flexibility index (Phi) is 5.55.